The minimum absolute atomic E-state index is 0.262. The van der Waals surface area contributed by atoms with Crippen molar-refractivity contribution in [1.82, 2.24) is 9.97 Å². The molecule has 1 heterocycles. The highest BCUT2D eigenvalue weighted by Crippen LogP contribution is 2.16. The number of benzene rings is 1. The Bertz CT molecular complexity index is 699. The molecule has 2 aromatic rings. The molecule has 2 rings (SSSR count). The van der Waals surface area contributed by atoms with Crippen LogP contribution in [0, 0.1) is 12.8 Å². The van der Waals surface area contributed by atoms with E-state index in [0.29, 0.717) is 29.9 Å². The summed E-state index contributed by atoms with van der Waals surface area (Å²) in [6.07, 6.45) is 1.02. The molecule has 0 aliphatic carbocycles. The van der Waals surface area contributed by atoms with E-state index in [-0.39, 0.29) is 5.91 Å². The van der Waals surface area contributed by atoms with E-state index in [1.807, 2.05) is 26.0 Å². The van der Waals surface area contributed by atoms with Gasteiger partial charge in [0, 0.05) is 17.9 Å². The van der Waals surface area contributed by atoms with Crippen molar-refractivity contribution in [2.75, 3.05) is 23.8 Å². The fraction of sp³-hybridized carbons (Fsp3) is 0.421. The maximum Gasteiger partial charge on any atom is 0.274 e. The molecule has 0 radical (unpaired) electrons. The van der Waals surface area contributed by atoms with Crippen molar-refractivity contribution in [2.45, 2.75) is 34.1 Å². The molecule has 0 spiro atoms. The van der Waals surface area contributed by atoms with E-state index in [0.717, 1.165) is 24.4 Å². The summed E-state index contributed by atoms with van der Waals surface area (Å²) in [5, 5.41) is 6.02. The number of aromatic nitrogens is 2. The van der Waals surface area contributed by atoms with Gasteiger partial charge in [-0.3, -0.25) is 4.79 Å². The Labute approximate surface area is 149 Å². The number of carbonyl (C=O) groups excluding carboxylic acids is 1. The summed E-state index contributed by atoms with van der Waals surface area (Å²) in [6, 6.07) is 8.93. The average Bonchev–Trinajstić information content (AvgIpc) is 2.56. The van der Waals surface area contributed by atoms with Crippen LogP contribution in [0.15, 0.2) is 30.3 Å². The zero-order chi connectivity index (χ0) is 18.2. The van der Waals surface area contributed by atoms with Crippen molar-refractivity contribution in [2.24, 2.45) is 5.92 Å². The maximum atomic E-state index is 12.5. The Morgan fingerprint density at radius 2 is 1.92 bits per heavy atom. The second kappa shape index (κ2) is 9.01. The van der Waals surface area contributed by atoms with E-state index in [1.165, 1.54) is 0 Å². The molecule has 25 heavy (non-hydrogen) atoms. The van der Waals surface area contributed by atoms with Crippen molar-refractivity contribution in [3.63, 3.8) is 0 Å². The Morgan fingerprint density at radius 3 is 2.56 bits per heavy atom. The van der Waals surface area contributed by atoms with Gasteiger partial charge in [0.1, 0.15) is 11.4 Å². The van der Waals surface area contributed by atoms with Crippen LogP contribution < -0.4 is 15.4 Å². The highest BCUT2D eigenvalue weighted by molar-refractivity contribution is 6.03. The zero-order valence-electron chi connectivity index (χ0n) is 15.3. The Kier molecular flexibility index (Phi) is 6.74. The van der Waals surface area contributed by atoms with E-state index >= 15 is 0 Å². The number of ether oxygens (including phenoxy) is 1. The van der Waals surface area contributed by atoms with Crippen molar-refractivity contribution in [3.8, 4) is 5.75 Å². The minimum Gasteiger partial charge on any atom is -0.494 e. The first-order valence-corrected chi connectivity index (χ1v) is 8.61. The summed E-state index contributed by atoms with van der Waals surface area (Å²) in [5.74, 6) is 1.59. The van der Waals surface area contributed by atoms with Gasteiger partial charge in [-0.25, -0.2) is 9.97 Å². The first kappa shape index (κ1) is 18.7. The predicted molar refractivity (Wildman–Crippen MR) is 100 cm³/mol. The maximum absolute atomic E-state index is 12.5. The minimum atomic E-state index is -0.262. The van der Waals surface area contributed by atoms with Crippen LogP contribution in [0.2, 0.25) is 0 Å². The molecule has 1 aromatic carbocycles. The molecule has 0 aliphatic heterocycles. The highest BCUT2D eigenvalue weighted by atomic mass is 16.5. The largest absolute Gasteiger partial charge is 0.494 e. The van der Waals surface area contributed by atoms with Gasteiger partial charge in [0.05, 0.1) is 6.61 Å². The van der Waals surface area contributed by atoms with Gasteiger partial charge in [0.15, 0.2) is 0 Å². The van der Waals surface area contributed by atoms with Crippen LogP contribution in [0.4, 0.5) is 11.6 Å². The highest BCUT2D eigenvalue weighted by Gasteiger charge is 2.11. The molecular weight excluding hydrogens is 316 g/mol. The molecule has 0 atom stereocenters. The Hall–Kier alpha value is -2.63. The van der Waals surface area contributed by atoms with Gasteiger partial charge in [-0.1, -0.05) is 13.8 Å². The Balaban J connectivity index is 2.03. The van der Waals surface area contributed by atoms with Gasteiger partial charge < -0.3 is 15.4 Å². The molecule has 6 nitrogen and oxygen atoms in total. The monoisotopic (exact) mass is 342 g/mol. The smallest absolute Gasteiger partial charge is 0.274 e. The fourth-order valence-corrected chi connectivity index (χ4v) is 2.23. The van der Waals surface area contributed by atoms with Crippen LogP contribution in [0.5, 0.6) is 5.75 Å². The third-order valence-corrected chi connectivity index (χ3v) is 3.51. The van der Waals surface area contributed by atoms with Gasteiger partial charge in [-0.15, -0.1) is 0 Å². The average molecular weight is 342 g/mol. The number of aryl methyl sites for hydroxylation is 1. The second-order valence-corrected chi connectivity index (χ2v) is 6.24. The van der Waals surface area contributed by atoms with Crippen LogP contribution >= 0.6 is 0 Å². The van der Waals surface area contributed by atoms with Crippen LogP contribution in [0.3, 0.4) is 0 Å². The fourth-order valence-electron chi connectivity index (χ4n) is 2.23. The standard InChI is InChI=1S/C19H26N4O2/c1-5-25-16-8-6-15(7-9-16)22-18(24)17-12-14(4)21-19(23-17)20-11-10-13(2)3/h6-9,12-13H,5,10-11H2,1-4H3,(H,22,24)(H,20,21,23). The topological polar surface area (TPSA) is 76.1 Å². The van der Waals surface area contributed by atoms with Crippen LogP contribution in [-0.4, -0.2) is 29.0 Å². The molecule has 0 unspecified atom stereocenters. The van der Waals surface area contributed by atoms with Crippen LogP contribution in [-0.2, 0) is 0 Å². The normalized spacial score (nSPS) is 10.6. The molecule has 0 saturated heterocycles. The van der Waals surface area contributed by atoms with Crippen molar-refractivity contribution in [3.05, 3.63) is 41.7 Å². The van der Waals surface area contributed by atoms with Crippen molar-refractivity contribution in [1.29, 1.82) is 0 Å². The SMILES string of the molecule is CCOc1ccc(NC(=O)c2cc(C)nc(NCCC(C)C)n2)cc1. The van der Waals surface area contributed by atoms with Gasteiger partial charge in [-0.2, -0.15) is 0 Å². The summed E-state index contributed by atoms with van der Waals surface area (Å²) < 4.78 is 5.39. The van der Waals surface area contributed by atoms with Crippen molar-refractivity contribution >= 4 is 17.5 Å². The van der Waals surface area contributed by atoms with Gasteiger partial charge >= 0.3 is 0 Å². The summed E-state index contributed by atoms with van der Waals surface area (Å²) in [6.45, 7) is 9.49. The second-order valence-electron chi connectivity index (χ2n) is 6.24. The summed E-state index contributed by atoms with van der Waals surface area (Å²) in [7, 11) is 0. The quantitative estimate of drug-likeness (QED) is 0.761. The summed E-state index contributed by atoms with van der Waals surface area (Å²) >= 11 is 0. The third kappa shape index (κ3) is 6.06. The van der Waals surface area contributed by atoms with Crippen molar-refractivity contribution < 1.29 is 9.53 Å². The van der Waals surface area contributed by atoms with Gasteiger partial charge in [0.2, 0.25) is 5.95 Å². The molecule has 1 aromatic heterocycles. The van der Waals surface area contributed by atoms with Gasteiger partial charge in [-0.05, 0) is 56.5 Å². The lowest BCUT2D eigenvalue weighted by atomic mass is 10.1. The van der Waals surface area contributed by atoms with E-state index in [4.69, 9.17) is 4.74 Å². The molecule has 6 heteroatoms. The first-order valence-electron chi connectivity index (χ1n) is 8.61. The lowest BCUT2D eigenvalue weighted by molar-refractivity contribution is 0.102. The zero-order valence-corrected chi connectivity index (χ0v) is 15.3. The molecule has 0 fully saturated rings. The van der Waals surface area contributed by atoms with Crippen LogP contribution in [0.25, 0.3) is 0 Å². The lowest BCUT2D eigenvalue weighted by Crippen LogP contribution is -2.16. The number of hydrogen-bond acceptors (Lipinski definition) is 5. The molecule has 0 saturated carbocycles. The molecule has 0 bridgehead atoms. The number of anilines is 2. The number of nitrogens with zero attached hydrogens (tertiary/aromatic N) is 2. The predicted octanol–water partition coefficient (Wildman–Crippen LogP) is 3.89. The van der Waals surface area contributed by atoms with E-state index in [1.54, 1.807) is 18.2 Å². The Morgan fingerprint density at radius 1 is 1.20 bits per heavy atom. The third-order valence-electron chi connectivity index (χ3n) is 3.51. The first-order chi connectivity index (χ1) is 12.0. The van der Waals surface area contributed by atoms with E-state index < -0.39 is 0 Å². The van der Waals surface area contributed by atoms with Gasteiger partial charge in [0.25, 0.3) is 5.91 Å². The number of amides is 1. The van der Waals surface area contributed by atoms with Crippen LogP contribution in [0.1, 0.15) is 43.4 Å². The molecule has 1 amide bonds. The molecule has 2 N–H and O–H groups in total. The number of rotatable bonds is 8. The number of carbonyl (C=O) groups is 1. The summed E-state index contributed by atoms with van der Waals surface area (Å²) in [5.41, 5.74) is 1.78. The lowest BCUT2D eigenvalue weighted by Gasteiger charge is -2.10. The molecular formula is C19H26N4O2. The molecule has 134 valence electrons. The number of hydrogen-bond donors (Lipinski definition) is 2. The molecule has 0 aliphatic rings. The summed E-state index contributed by atoms with van der Waals surface area (Å²) in [4.78, 5) is 21.1. The van der Waals surface area contributed by atoms with E-state index in [2.05, 4.69) is 34.4 Å². The van der Waals surface area contributed by atoms with E-state index in [9.17, 15) is 4.79 Å². The number of nitrogens with one attached hydrogen (secondary N) is 2.